The fraction of sp³-hybridized carbons (Fsp3) is 0.111. The Morgan fingerprint density at radius 2 is 2.04 bits per heavy atom. The first-order chi connectivity index (χ1) is 13.7. The quantitative estimate of drug-likeness (QED) is 0.451. The van der Waals surface area contributed by atoms with Crippen LogP contribution in [0, 0.1) is 0 Å². The zero-order chi connectivity index (χ0) is 19.1. The van der Waals surface area contributed by atoms with Crippen molar-refractivity contribution in [1.82, 2.24) is 39.5 Å². The Labute approximate surface area is 168 Å². The molecule has 5 aromatic heterocycles. The minimum Gasteiger partial charge on any atom is -0.342 e. The molecule has 0 aliphatic carbocycles. The van der Waals surface area contributed by atoms with Crippen molar-refractivity contribution in [1.29, 1.82) is 0 Å². The summed E-state index contributed by atoms with van der Waals surface area (Å²) in [6, 6.07) is 1.92. The van der Waals surface area contributed by atoms with E-state index in [1.165, 1.54) is 11.8 Å². The third-order valence-corrected chi connectivity index (χ3v) is 5.48. The van der Waals surface area contributed by atoms with E-state index < -0.39 is 0 Å². The molecular weight excluding hydrogens is 396 g/mol. The second-order valence-corrected chi connectivity index (χ2v) is 7.39. The molecule has 10 heteroatoms. The predicted octanol–water partition coefficient (Wildman–Crippen LogP) is 3.85. The standard InChI is InChI=1S/C18H13ClN8S/c1-2-11-14(19)13-16(24-11)25-18(26-17(13)27-6-5-20-9-27)28-10-7-12-15(23-8-10)22-4-3-21-12/h3-9H,2H2,1H3,(H,24,25,26). The summed E-state index contributed by atoms with van der Waals surface area (Å²) < 4.78 is 1.83. The van der Waals surface area contributed by atoms with E-state index in [1.807, 2.05) is 23.8 Å². The molecule has 5 aromatic rings. The third-order valence-electron chi connectivity index (χ3n) is 4.23. The SMILES string of the molecule is CCc1[nH]c2nc(Sc3cnc4nccnc4c3)nc(-n3ccnc3)c2c1Cl. The van der Waals surface area contributed by atoms with Gasteiger partial charge in [-0.15, -0.1) is 0 Å². The van der Waals surface area contributed by atoms with E-state index in [0.29, 0.717) is 27.3 Å². The molecule has 8 nitrogen and oxygen atoms in total. The molecule has 1 N–H and O–H groups in total. The molecule has 0 aromatic carbocycles. The van der Waals surface area contributed by atoms with E-state index in [1.54, 1.807) is 31.1 Å². The molecule has 0 unspecified atom stereocenters. The van der Waals surface area contributed by atoms with E-state index >= 15 is 0 Å². The summed E-state index contributed by atoms with van der Waals surface area (Å²) in [6.07, 6.45) is 11.0. The fourth-order valence-corrected chi connectivity index (χ4v) is 4.04. The first-order valence-electron chi connectivity index (χ1n) is 8.54. The lowest BCUT2D eigenvalue weighted by atomic mass is 10.3. The maximum Gasteiger partial charge on any atom is 0.196 e. The number of rotatable bonds is 4. The van der Waals surface area contributed by atoms with Crippen LogP contribution in [0.1, 0.15) is 12.6 Å². The van der Waals surface area contributed by atoms with Gasteiger partial charge in [0.25, 0.3) is 0 Å². The van der Waals surface area contributed by atoms with Crippen molar-refractivity contribution in [2.75, 3.05) is 0 Å². The number of nitrogens with zero attached hydrogens (tertiary/aromatic N) is 7. The molecule has 0 atom stereocenters. The Morgan fingerprint density at radius 3 is 2.86 bits per heavy atom. The van der Waals surface area contributed by atoms with Crippen LogP contribution in [0.5, 0.6) is 0 Å². The molecular formula is C18H13ClN8S. The smallest absolute Gasteiger partial charge is 0.196 e. The highest BCUT2D eigenvalue weighted by molar-refractivity contribution is 7.99. The maximum absolute atomic E-state index is 6.58. The van der Waals surface area contributed by atoms with E-state index in [4.69, 9.17) is 16.6 Å². The van der Waals surface area contributed by atoms with Crippen LogP contribution in [-0.2, 0) is 6.42 Å². The molecule has 0 saturated carbocycles. The summed E-state index contributed by atoms with van der Waals surface area (Å²) in [5, 5.41) is 1.99. The van der Waals surface area contributed by atoms with Gasteiger partial charge in [-0.05, 0) is 24.2 Å². The van der Waals surface area contributed by atoms with Crippen LogP contribution in [0.25, 0.3) is 28.0 Å². The minimum absolute atomic E-state index is 0.571. The van der Waals surface area contributed by atoms with Crippen LogP contribution in [0.15, 0.2) is 53.4 Å². The van der Waals surface area contributed by atoms with E-state index in [9.17, 15) is 0 Å². The van der Waals surface area contributed by atoms with Gasteiger partial charge in [-0.2, -0.15) is 0 Å². The summed E-state index contributed by atoms with van der Waals surface area (Å²) in [4.78, 5) is 30.5. The predicted molar refractivity (Wildman–Crippen MR) is 107 cm³/mol. The molecule has 0 aliphatic heterocycles. The lowest BCUT2D eigenvalue weighted by molar-refractivity contribution is 0.911. The molecule has 0 radical (unpaired) electrons. The monoisotopic (exact) mass is 408 g/mol. The molecule has 0 spiro atoms. The third kappa shape index (κ3) is 2.88. The van der Waals surface area contributed by atoms with Crippen LogP contribution in [-0.4, -0.2) is 39.5 Å². The lowest BCUT2D eigenvalue weighted by Crippen LogP contribution is -1.99. The minimum atomic E-state index is 0.571. The number of halogens is 1. The summed E-state index contributed by atoms with van der Waals surface area (Å²) in [5.41, 5.74) is 2.94. The zero-order valence-corrected chi connectivity index (χ0v) is 16.2. The lowest BCUT2D eigenvalue weighted by Gasteiger charge is -2.07. The number of aromatic nitrogens is 8. The molecule has 138 valence electrons. The van der Waals surface area contributed by atoms with Crippen molar-refractivity contribution in [2.45, 2.75) is 23.4 Å². The van der Waals surface area contributed by atoms with Gasteiger partial charge in [-0.3, -0.25) is 9.55 Å². The maximum atomic E-state index is 6.58. The Kier molecular flexibility index (Phi) is 4.18. The Balaban J connectivity index is 1.64. The largest absolute Gasteiger partial charge is 0.342 e. The van der Waals surface area contributed by atoms with Crippen molar-refractivity contribution in [3.63, 3.8) is 0 Å². The van der Waals surface area contributed by atoms with Crippen LogP contribution in [0.4, 0.5) is 0 Å². The molecule has 28 heavy (non-hydrogen) atoms. The van der Waals surface area contributed by atoms with Gasteiger partial charge >= 0.3 is 0 Å². The highest BCUT2D eigenvalue weighted by Crippen LogP contribution is 2.34. The van der Waals surface area contributed by atoms with E-state index in [2.05, 4.69) is 29.9 Å². The molecule has 5 heterocycles. The van der Waals surface area contributed by atoms with Gasteiger partial charge in [0, 0.05) is 41.6 Å². The number of aromatic amines is 1. The van der Waals surface area contributed by atoms with Crippen molar-refractivity contribution >= 4 is 45.6 Å². The van der Waals surface area contributed by atoms with Crippen molar-refractivity contribution in [3.05, 3.63) is 54.1 Å². The van der Waals surface area contributed by atoms with Crippen molar-refractivity contribution < 1.29 is 0 Å². The normalized spacial score (nSPS) is 11.5. The zero-order valence-electron chi connectivity index (χ0n) is 14.7. The Morgan fingerprint density at radius 1 is 1.14 bits per heavy atom. The highest BCUT2D eigenvalue weighted by Gasteiger charge is 2.18. The van der Waals surface area contributed by atoms with Crippen LogP contribution >= 0.6 is 23.4 Å². The topological polar surface area (TPSA) is 98.1 Å². The van der Waals surface area contributed by atoms with Gasteiger partial charge in [0.15, 0.2) is 16.6 Å². The van der Waals surface area contributed by atoms with E-state index in [0.717, 1.165) is 27.9 Å². The average Bonchev–Trinajstić information content (AvgIpc) is 3.36. The van der Waals surface area contributed by atoms with Gasteiger partial charge < -0.3 is 4.98 Å². The van der Waals surface area contributed by atoms with Crippen LogP contribution in [0.3, 0.4) is 0 Å². The molecule has 0 fully saturated rings. The number of nitrogens with one attached hydrogen (secondary N) is 1. The summed E-state index contributed by atoms with van der Waals surface area (Å²) in [6.45, 7) is 2.04. The molecule has 0 bridgehead atoms. The number of hydrogen-bond acceptors (Lipinski definition) is 7. The molecule has 0 aliphatic rings. The molecule has 5 rings (SSSR count). The van der Waals surface area contributed by atoms with Gasteiger partial charge in [0.1, 0.15) is 17.5 Å². The van der Waals surface area contributed by atoms with Gasteiger partial charge in [0.05, 0.1) is 10.4 Å². The van der Waals surface area contributed by atoms with Gasteiger partial charge in [-0.25, -0.2) is 24.9 Å². The second kappa shape index (κ2) is 6.84. The van der Waals surface area contributed by atoms with Crippen LogP contribution in [0.2, 0.25) is 5.02 Å². The van der Waals surface area contributed by atoms with Gasteiger partial charge in [0.2, 0.25) is 0 Å². The Hall–Kier alpha value is -3.04. The second-order valence-electron chi connectivity index (χ2n) is 5.97. The number of pyridine rings is 1. The van der Waals surface area contributed by atoms with E-state index in [-0.39, 0.29) is 0 Å². The van der Waals surface area contributed by atoms with Crippen molar-refractivity contribution in [2.24, 2.45) is 0 Å². The first-order valence-corrected chi connectivity index (χ1v) is 9.73. The summed E-state index contributed by atoms with van der Waals surface area (Å²) in [5.74, 6) is 0.680. The molecule has 0 saturated heterocycles. The summed E-state index contributed by atoms with van der Waals surface area (Å²) >= 11 is 7.98. The Bertz CT molecular complexity index is 1300. The van der Waals surface area contributed by atoms with Crippen LogP contribution < -0.4 is 0 Å². The number of fused-ring (bicyclic) bond motifs is 2. The van der Waals surface area contributed by atoms with Crippen molar-refractivity contribution in [3.8, 4) is 5.82 Å². The first kappa shape index (κ1) is 17.1. The number of H-pyrrole nitrogens is 1. The number of aryl methyl sites for hydroxylation is 1. The highest BCUT2D eigenvalue weighted by atomic mass is 35.5. The summed E-state index contributed by atoms with van der Waals surface area (Å²) in [7, 11) is 0. The number of imidazole rings is 1. The fourth-order valence-electron chi connectivity index (χ4n) is 2.93. The number of hydrogen-bond donors (Lipinski definition) is 1. The average molecular weight is 409 g/mol. The van der Waals surface area contributed by atoms with Gasteiger partial charge in [-0.1, -0.05) is 18.5 Å². The molecule has 0 amide bonds.